The Hall–Kier alpha value is -2.70. The van der Waals surface area contributed by atoms with E-state index in [-0.39, 0.29) is 12.1 Å². The van der Waals surface area contributed by atoms with E-state index >= 15 is 0 Å². The van der Waals surface area contributed by atoms with E-state index in [4.69, 9.17) is 33.7 Å². The van der Waals surface area contributed by atoms with Crippen LogP contribution >= 0.6 is 0 Å². The van der Waals surface area contributed by atoms with Crippen molar-refractivity contribution in [2.24, 2.45) is 11.8 Å². The van der Waals surface area contributed by atoms with Gasteiger partial charge in [-0.25, -0.2) is 13.2 Å². The van der Waals surface area contributed by atoms with Gasteiger partial charge in [0.2, 0.25) is 10.0 Å². The highest BCUT2D eigenvalue weighted by Gasteiger charge is 2.44. The summed E-state index contributed by atoms with van der Waals surface area (Å²) in [4.78, 5) is 12.8. The number of hydrogen-bond acceptors (Lipinski definition) is 8. The lowest BCUT2D eigenvalue weighted by Gasteiger charge is -2.31. The summed E-state index contributed by atoms with van der Waals surface area (Å²) in [5.41, 5.74) is 6.42. The van der Waals surface area contributed by atoms with Crippen molar-refractivity contribution in [3.63, 3.8) is 0 Å². The van der Waals surface area contributed by atoms with E-state index in [0.717, 1.165) is 12.1 Å². The molecule has 2 aromatic carbocycles. The molecule has 0 bridgehead atoms. The summed E-state index contributed by atoms with van der Waals surface area (Å²) in [7, 11) is -4.80. The van der Waals surface area contributed by atoms with Crippen LogP contribution in [0.1, 0.15) is 39.3 Å². The number of amides is 1. The highest BCUT2D eigenvalue weighted by Crippen LogP contribution is 2.33. The van der Waals surface area contributed by atoms with Crippen molar-refractivity contribution >= 4 is 21.8 Å². The molecular weight excluding hydrogens is 510 g/mol. The van der Waals surface area contributed by atoms with Gasteiger partial charge in [0, 0.05) is 31.1 Å². The van der Waals surface area contributed by atoms with Gasteiger partial charge in [-0.05, 0) is 48.5 Å². The van der Waals surface area contributed by atoms with E-state index in [1.165, 1.54) is 12.1 Å². The predicted octanol–water partition coefficient (Wildman–Crippen LogP) is 2.38. The minimum atomic E-state index is -4.80. The van der Waals surface area contributed by atoms with E-state index in [0.29, 0.717) is 9.87 Å². The molecular formula is C27H37N3O7S. The van der Waals surface area contributed by atoms with Gasteiger partial charge in [0.1, 0.15) is 6.08 Å². The summed E-state index contributed by atoms with van der Waals surface area (Å²) >= 11 is 0. The molecule has 0 saturated carbocycles. The number of ether oxygens (including phenoxy) is 3. The van der Waals surface area contributed by atoms with Crippen molar-refractivity contribution in [1.29, 1.82) is 0 Å². The number of carbonyl (C=O) groups excluding carboxylic acids is 1. The van der Waals surface area contributed by atoms with Gasteiger partial charge in [0.25, 0.3) is 0 Å². The average Bonchev–Trinajstić information content (AvgIpc) is 3.48. The van der Waals surface area contributed by atoms with Crippen molar-refractivity contribution in [2.45, 2.75) is 55.9 Å². The summed E-state index contributed by atoms with van der Waals surface area (Å²) in [6.45, 7) is -10.3. The zero-order valence-corrected chi connectivity index (χ0v) is 21.2. The fourth-order valence-corrected chi connectivity index (χ4v) is 5.60. The molecule has 0 aliphatic carbocycles. The Bertz CT molecular complexity index is 1530. The molecule has 38 heavy (non-hydrogen) atoms. The number of sulfonamides is 1. The van der Waals surface area contributed by atoms with Crippen LogP contribution < -0.4 is 11.1 Å². The Morgan fingerprint density at radius 1 is 1.26 bits per heavy atom. The quantitative estimate of drug-likeness (QED) is 0.358. The van der Waals surface area contributed by atoms with Crippen molar-refractivity contribution < 1.29 is 46.2 Å². The summed E-state index contributed by atoms with van der Waals surface area (Å²) in [5.74, 6) is -4.65. The molecule has 4 rings (SSSR count). The van der Waals surface area contributed by atoms with Crippen LogP contribution in [0.5, 0.6) is 0 Å². The van der Waals surface area contributed by atoms with Crippen molar-refractivity contribution in [3.05, 3.63) is 60.2 Å². The molecule has 208 valence electrons. The molecule has 2 fully saturated rings. The van der Waals surface area contributed by atoms with Gasteiger partial charge in [0.05, 0.1) is 37.5 Å². The number of rotatable bonds is 11. The number of anilines is 1. The second-order valence-corrected chi connectivity index (χ2v) is 10.8. The van der Waals surface area contributed by atoms with Gasteiger partial charge in [0.15, 0.2) is 6.29 Å². The SMILES string of the molecule is [2H]C1([2H])CO[C@@H]2OC[C@]([2H])(OC(=O)N[C@@H](Cc3ccccc3)[C@H](O)CN(CC([2H])(C([2H])([2H])[2H])C([2H])([2H])[2H])S(=O)(=O)c3ccc(N)cc3)[C@@H]21. The fourth-order valence-electron chi connectivity index (χ4n) is 4.17. The number of hydrogen-bond donors (Lipinski definition) is 3. The maximum Gasteiger partial charge on any atom is 0.407 e. The number of nitrogens with two attached hydrogens (primary N) is 1. The lowest BCUT2D eigenvalue weighted by Crippen LogP contribution is -2.51. The van der Waals surface area contributed by atoms with Crippen LogP contribution in [0, 0.1) is 11.8 Å². The number of benzene rings is 2. The standard InChI is InChI=1S/C27H37N3O7S/c1-18(2)15-30(38(33,34)21-10-8-20(28)9-11-21)16-24(31)23(14-19-6-4-3-5-7-19)29-27(32)37-25-17-36-26-22(25)12-13-35-26/h3-11,18,22-26,31H,12-17,28H2,1-2H3,(H,29,32)/t22-,23-,24+,25-,26+/m0/s1/i1D3,2D3,12D2,18D,25D. The van der Waals surface area contributed by atoms with E-state index in [1.54, 1.807) is 30.3 Å². The van der Waals surface area contributed by atoms with Crippen LogP contribution in [0.3, 0.4) is 0 Å². The van der Waals surface area contributed by atoms with E-state index in [2.05, 4.69) is 5.32 Å². The number of aliphatic hydroxyl groups excluding tert-OH is 1. The summed E-state index contributed by atoms with van der Waals surface area (Å²) in [6, 6.07) is 11.6. The zero-order chi connectivity index (χ0) is 35.9. The van der Waals surface area contributed by atoms with Crippen molar-refractivity contribution in [2.75, 3.05) is 32.0 Å². The average molecular weight is 558 g/mol. The van der Waals surface area contributed by atoms with Crippen LogP contribution in [0.2, 0.25) is 0 Å². The molecule has 2 heterocycles. The number of nitrogens with zero attached hydrogens (tertiary/aromatic N) is 1. The Kier molecular flexibility index (Phi) is 5.83. The molecule has 0 radical (unpaired) electrons. The monoisotopic (exact) mass is 557 g/mol. The molecule has 11 heteroatoms. The molecule has 2 saturated heterocycles. The Morgan fingerprint density at radius 2 is 2.00 bits per heavy atom. The topological polar surface area (TPSA) is 140 Å². The molecule has 0 unspecified atom stereocenters. The van der Waals surface area contributed by atoms with E-state index < -0.39 is 104 Å². The third kappa shape index (κ3) is 7.03. The Labute approximate surface area is 238 Å². The third-order valence-corrected chi connectivity index (χ3v) is 7.92. The fraction of sp³-hybridized carbons (Fsp3) is 0.519. The van der Waals surface area contributed by atoms with Gasteiger partial charge in [-0.1, -0.05) is 44.0 Å². The minimum absolute atomic E-state index is 0.158. The van der Waals surface area contributed by atoms with Crippen LogP contribution in [-0.2, 0) is 30.7 Å². The smallest absolute Gasteiger partial charge is 0.407 e. The molecule has 2 aliphatic rings. The maximum atomic E-state index is 13.9. The Morgan fingerprint density at radius 3 is 2.71 bits per heavy atom. The van der Waals surface area contributed by atoms with Gasteiger partial charge in [-0.15, -0.1) is 0 Å². The largest absolute Gasteiger partial charge is 0.443 e. The molecule has 1 amide bonds. The lowest BCUT2D eigenvalue weighted by atomic mass is 10.0. The lowest BCUT2D eigenvalue weighted by molar-refractivity contribution is -0.0907. The van der Waals surface area contributed by atoms with Gasteiger partial charge in [-0.2, -0.15) is 4.31 Å². The van der Waals surface area contributed by atoms with Gasteiger partial charge in [-0.3, -0.25) is 0 Å². The number of carbonyl (C=O) groups is 1. The highest BCUT2D eigenvalue weighted by atomic mass is 32.2. The summed E-state index contributed by atoms with van der Waals surface area (Å²) < 4.78 is 125. The molecule has 0 aromatic heterocycles. The third-order valence-electron chi connectivity index (χ3n) is 6.09. The summed E-state index contributed by atoms with van der Waals surface area (Å²) in [5, 5.41) is 13.9. The van der Waals surface area contributed by atoms with Crippen LogP contribution in [-0.4, -0.2) is 74.7 Å². The first-order valence-electron chi connectivity index (χ1n) is 16.8. The molecule has 10 nitrogen and oxygen atoms in total. The minimum Gasteiger partial charge on any atom is -0.443 e. The second-order valence-electron chi connectivity index (χ2n) is 8.88. The zero-order valence-electron chi connectivity index (χ0n) is 30.4. The van der Waals surface area contributed by atoms with Crippen molar-refractivity contribution in [3.8, 4) is 0 Å². The molecule has 2 aromatic rings. The number of nitrogen functional groups attached to an aromatic ring is 1. The predicted molar refractivity (Wildman–Crippen MR) is 142 cm³/mol. The molecule has 5 atom stereocenters. The number of aliphatic hydroxyl groups is 1. The summed E-state index contributed by atoms with van der Waals surface area (Å²) in [6.07, 6.45) is -8.76. The van der Waals surface area contributed by atoms with E-state index in [1.807, 2.05) is 0 Å². The first-order valence-corrected chi connectivity index (χ1v) is 13.2. The van der Waals surface area contributed by atoms with Crippen LogP contribution in [0.25, 0.3) is 0 Å². The van der Waals surface area contributed by atoms with Crippen LogP contribution in [0.4, 0.5) is 10.5 Å². The van der Waals surface area contributed by atoms with Gasteiger partial charge < -0.3 is 30.4 Å². The number of nitrogens with one attached hydrogen (secondary N) is 1. The second kappa shape index (κ2) is 12.4. The molecule has 4 N–H and O–H groups in total. The number of fused-ring (bicyclic) bond motifs is 1. The highest BCUT2D eigenvalue weighted by molar-refractivity contribution is 7.89. The first-order chi connectivity index (χ1) is 22.0. The Balaban J connectivity index is 1.67. The number of alkyl carbamates (subject to hydrolysis) is 1. The molecule has 2 aliphatic heterocycles. The maximum absolute atomic E-state index is 13.9. The van der Waals surface area contributed by atoms with Gasteiger partial charge >= 0.3 is 6.09 Å². The van der Waals surface area contributed by atoms with Crippen LogP contribution in [0.15, 0.2) is 59.5 Å². The normalized spacial score (nSPS) is 30.9. The molecule has 0 spiro atoms. The first kappa shape index (κ1) is 17.8. The van der Waals surface area contributed by atoms with E-state index in [9.17, 15) is 18.3 Å². The van der Waals surface area contributed by atoms with Crippen molar-refractivity contribution in [1.82, 2.24) is 9.62 Å².